The van der Waals surface area contributed by atoms with E-state index in [0.29, 0.717) is 0 Å². The summed E-state index contributed by atoms with van der Waals surface area (Å²) >= 11 is 0. The third-order valence-corrected chi connectivity index (χ3v) is 3.23. The summed E-state index contributed by atoms with van der Waals surface area (Å²) in [6.07, 6.45) is 18.5. The van der Waals surface area contributed by atoms with Crippen molar-refractivity contribution in [1.29, 1.82) is 0 Å². The van der Waals surface area contributed by atoms with Crippen LogP contribution in [0.1, 0.15) is 71.6 Å². The Morgan fingerprint density at radius 3 is 2.21 bits per heavy atom. The van der Waals surface area contributed by atoms with Crippen LogP contribution in [0.25, 0.3) is 0 Å². The third kappa shape index (κ3) is 12.0. The number of aliphatic hydroxyl groups excluding tert-OH is 1. The van der Waals surface area contributed by atoms with Crippen molar-refractivity contribution in [3.63, 3.8) is 0 Å². The summed E-state index contributed by atoms with van der Waals surface area (Å²) in [6, 6.07) is 0. The second-order valence-electron chi connectivity index (χ2n) is 5.20. The molecule has 0 aromatic rings. The molecule has 0 fully saturated rings. The summed E-state index contributed by atoms with van der Waals surface area (Å²) in [5, 5.41) is 9.89. The van der Waals surface area contributed by atoms with Crippen LogP contribution < -0.4 is 0 Å². The summed E-state index contributed by atoms with van der Waals surface area (Å²) in [5.41, 5.74) is 0.793. The van der Waals surface area contributed by atoms with E-state index in [-0.39, 0.29) is 0 Å². The molecule has 0 radical (unpaired) electrons. The Bertz CT molecular complexity index is 263. The van der Waals surface area contributed by atoms with Crippen molar-refractivity contribution in [2.24, 2.45) is 0 Å². The molecule has 0 aliphatic heterocycles. The van der Waals surface area contributed by atoms with Crippen LogP contribution in [0.3, 0.4) is 0 Å². The van der Waals surface area contributed by atoms with Crippen LogP contribution in [0.4, 0.5) is 0 Å². The first-order valence-electron chi connectivity index (χ1n) is 7.92. The van der Waals surface area contributed by atoms with Crippen molar-refractivity contribution >= 4 is 0 Å². The van der Waals surface area contributed by atoms with E-state index in [4.69, 9.17) is 0 Å². The van der Waals surface area contributed by atoms with Gasteiger partial charge >= 0.3 is 0 Å². The zero-order valence-electron chi connectivity index (χ0n) is 12.9. The lowest BCUT2D eigenvalue weighted by Gasteiger charge is -2.05. The average Bonchev–Trinajstić information content (AvgIpc) is 2.42. The van der Waals surface area contributed by atoms with E-state index in [1.165, 1.54) is 44.9 Å². The first-order chi connectivity index (χ1) is 9.22. The molecule has 0 heterocycles. The molecule has 0 saturated carbocycles. The molecule has 1 atom stereocenters. The van der Waals surface area contributed by atoms with Gasteiger partial charge in [0, 0.05) is 0 Å². The van der Waals surface area contributed by atoms with Crippen LogP contribution in [0.15, 0.2) is 36.5 Å². The lowest BCUT2D eigenvalue weighted by molar-refractivity contribution is 0.263. The van der Waals surface area contributed by atoms with Gasteiger partial charge in [-0.2, -0.15) is 0 Å². The van der Waals surface area contributed by atoms with Gasteiger partial charge in [-0.3, -0.25) is 0 Å². The zero-order valence-corrected chi connectivity index (χ0v) is 12.9. The molecule has 0 aromatic heterocycles. The lowest BCUT2D eigenvalue weighted by atomic mass is 10.1. The fraction of sp³-hybridized carbons (Fsp3) is 0.667. The Balaban J connectivity index is 3.71. The molecule has 110 valence electrons. The monoisotopic (exact) mass is 264 g/mol. The second-order valence-corrected chi connectivity index (χ2v) is 5.20. The van der Waals surface area contributed by atoms with Crippen molar-refractivity contribution < 1.29 is 5.11 Å². The Hall–Kier alpha value is -0.820. The first kappa shape index (κ1) is 18.2. The van der Waals surface area contributed by atoms with Crippen molar-refractivity contribution in [3.8, 4) is 0 Å². The molecule has 1 heteroatoms. The van der Waals surface area contributed by atoms with Gasteiger partial charge in [0.05, 0.1) is 6.10 Å². The molecule has 1 unspecified atom stereocenters. The van der Waals surface area contributed by atoms with E-state index in [1.807, 2.05) is 12.2 Å². The standard InChI is InChI=1S/C18H32O/c1-4-6-8-10-12-14-16-18(19)17(3)15-13-11-9-7-5-2/h13-16,18-19H,3-12H2,1-2H3/b15-13-,16-14+. The van der Waals surface area contributed by atoms with E-state index in [9.17, 15) is 5.11 Å². The van der Waals surface area contributed by atoms with Crippen molar-refractivity contribution in [1.82, 2.24) is 0 Å². The highest BCUT2D eigenvalue weighted by molar-refractivity contribution is 5.23. The molecule has 0 aromatic carbocycles. The third-order valence-electron chi connectivity index (χ3n) is 3.23. The van der Waals surface area contributed by atoms with Gasteiger partial charge in [0.15, 0.2) is 0 Å². The highest BCUT2D eigenvalue weighted by atomic mass is 16.3. The summed E-state index contributed by atoms with van der Waals surface area (Å²) in [4.78, 5) is 0. The maximum absolute atomic E-state index is 9.89. The molecule has 1 N–H and O–H groups in total. The van der Waals surface area contributed by atoms with Crippen LogP contribution in [0, 0.1) is 0 Å². The van der Waals surface area contributed by atoms with Crippen molar-refractivity contribution in [3.05, 3.63) is 36.5 Å². The smallest absolute Gasteiger partial charge is 0.0965 e. The number of allylic oxidation sites excluding steroid dienone is 2. The SMILES string of the molecule is C=C(/C=C\CCCCC)C(O)/C=C/CCCCCC. The zero-order chi connectivity index (χ0) is 14.3. The van der Waals surface area contributed by atoms with Crippen LogP contribution in [0.5, 0.6) is 0 Å². The predicted octanol–water partition coefficient (Wildman–Crippen LogP) is 5.57. The summed E-state index contributed by atoms with van der Waals surface area (Å²) in [7, 11) is 0. The maximum atomic E-state index is 9.89. The van der Waals surface area contributed by atoms with E-state index in [2.05, 4.69) is 32.6 Å². The predicted molar refractivity (Wildman–Crippen MR) is 86.3 cm³/mol. The molecule has 1 nitrogen and oxygen atoms in total. The van der Waals surface area contributed by atoms with Crippen LogP contribution in [-0.4, -0.2) is 11.2 Å². The highest BCUT2D eigenvalue weighted by Gasteiger charge is 1.99. The van der Waals surface area contributed by atoms with Gasteiger partial charge < -0.3 is 5.11 Å². The Kier molecular flexibility index (Phi) is 13.0. The molecule has 0 aliphatic carbocycles. The van der Waals surface area contributed by atoms with Gasteiger partial charge in [0.2, 0.25) is 0 Å². The molecule has 0 saturated heterocycles. The number of aliphatic hydroxyl groups is 1. The maximum Gasteiger partial charge on any atom is 0.0965 e. The van der Waals surface area contributed by atoms with Gasteiger partial charge in [-0.25, -0.2) is 0 Å². The second kappa shape index (κ2) is 13.6. The van der Waals surface area contributed by atoms with E-state index < -0.39 is 6.10 Å². The van der Waals surface area contributed by atoms with Gasteiger partial charge in [-0.1, -0.05) is 76.8 Å². The van der Waals surface area contributed by atoms with Gasteiger partial charge in [-0.15, -0.1) is 0 Å². The first-order valence-corrected chi connectivity index (χ1v) is 7.92. The van der Waals surface area contributed by atoms with E-state index >= 15 is 0 Å². The number of hydrogen-bond acceptors (Lipinski definition) is 1. The molecule has 0 bridgehead atoms. The van der Waals surface area contributed by atoms with Gasteiger partial charge in [-0.05, 0) is 31.3 Å². The average molecular weight is 264 g/mol. The van der Waals surface area contributed by atoms with Gasteiger partial charge in [0.25, 0.3) is 0 Å². The van der Waals surface area contributed by atoms with E-state index in [0.717, 1.165) is 18.4 Å². The molecule has 0 spiro atoms. The Labute approximate surface area is 120 Å². The Morgan fingerprint density at radius 1 is 0.947 bits per heavy atom. The molecular weight excluding hydrogens is 232 g/mol. The quantitative estimate of drug-likeness (QED) is 0.278. The topological polar surface area (TPSA) is 20.2 Å². The fourth-order valence-electron chi connectivity index (χ4n) is 1.88. The Morgan fingerprint density at radius 2 is 1.53 bits per heavy atom. The summed E-state index contributed by atoms with van der Waals surface area (Å²) < 4.78 is 0. The van der Waals surface area contributed by atoms with Crippen LogP contribution >= 0.6 is 0 Å². The largest absolute Gasteiger partial charge is 0.384 e. The summed E-state index contributed by atoms with van der Waals surface area (Å²) in [5.74, 6) is 0. The molecule has 0 rings (SSSR count). The van der Waals surface area contributed by atoms with E-state index in [1.54, 1.807) is 0 Å². The molecule has 0 aliphatic rings. The minimum Gasteiger partial charge on any atom is -0.384 e. The fourth-order valence-corrected chi connectivity index (χ4v) is 1.88. The minimum absolute atomic E-state index is 0.520. The van der Waals surface area contributed by atoms with Gasteiger partial charge in [0.1, 0.15) is 0 Å². The highest BCUT2D eigenvalue weighted by Crippen LogP contribution is 2.08. The van der Waals surface area contributed by atoms with Crippen molar-refractivity contribution in [2.75, 3.05) is 0 Å². The molecule has 19 heavy (non-hydrogen) atoms. The summed E-state index contributed by atoms with van der Waals surface area (Å²) in [6.45, 7) is 8.34. The normalized spacial score (nSPS) is 13.4. The van der Waals surface area contributed by atoms with Crippen molar-refractivity contribution in [2.45, 2.75) is 77.7 Å². The number of unbranched alkanes of at least 4 members (excludes halogenated alkanes) is 7. The van der Waals surface area contributed by atoms with Crippen LogP contribution in [0.2, 0.25) is 0 Å². The lowest BCUT2D eigenvalue weighted by Crippen LogP contribution is -2.03. The van der Waals surface area contributed by atoms with Crippen LogP contribution in [-0.2, 0) is 0 Å². The number of hydrogen-bond donors (Lipinski definition) is 1. The number of rotatable bonds is 12. The minimum atomic E-state index is -0.520. The molecule has 0 amide bonds. The molecular formula is C18H32O.